The number of sulfonamides is 1. The van der Waals surface area contributed by atoms with Gasteiger partial charge in [0.1, 0.15) is 12.4 Å². The van der Waals surface area contributed by atoms with Gasteiger partial charge in [-0.2, -0.15) is 4.31 Å². The highest BCUT2D eigenvalue weighted by Crippen LogP contribution is 2.32. The van der Waals surface area contributed by atoms with Crippen molar-refractivity contribution in [3.8, 4) is 5.75 Å². The van der Waals surface area contributed by atoms with Crippen LogP contribution in [-0.2, 0) is 14.8 Å². The van der Waals surface area contributed by atoms with E-state index >= 15 is 0 Å². The molecule has 2 rings (SSSR count). The van der Waals surface area contributed by atoms with Crippen LogP contribution in [0.4, 0.5) is 0 Å². The number of rotatable bonds is 7. The number of benzene rings is 1. The van der Waals surface area contributed by atoms with Crippen LogP contribution >= 0.6 is 12.4 Å². The van der Waals surface area contributed by atoms with E-state index in [9.17, 15) is 8.42 Å². The smallest absolute Gasteiger partial charge is 0.243 e. The first-order chi connectivity index (χ1) is 10.4. The van der Waals surface area contributed by atoms with Crippen LogP contribution in [-0.4, -0.2) is 52.7 Å². The zero-order valence-electron chi connectivity index (χ0n) is 13.5. The molecule has 1 heterocycles. The number of hydrogen-bond donors (Lipinski definition) is 1. The Morgan fingerprint density at radius 2 is 1.91 bits per heavy atom. The van der Waals surface area contributed by atoms with Crippen molar-refractivity contribution in [2.24, 2.45) is 11.1 Å². The van der Waals surface area contributed by atoms with Crippen molar-refractivity contribution in [2.75, 3.05) is 40.0 Å². The summed E-state index contributed by atoms with van der Waals surface area (Å²) in [6.07, 6.45) is 0.793. The Balaban J connectivity index is 0.00000264. The minimum atomic E-state index is -3.46. The monoisotopic (exact) mass is 364 g/mol. The lowest BCUT2D eigenvalue weighted by Gasteiger charge is -2.22. The van der Waals surface area contributed by atoms with Gasteiger partial charge in [-0.1, -0.05) is 6.92 Å². The second-order valence-electron chi connectivity index (χ2n) is 5.92. The summed E-state index contributed by atoms with van der Waals surface area (Å²) < 4.78 is 37.1. The van der Waals surface area contributed by atoms with Crippen molar-refractivity contribution in [1.82, 2.24) is 4.31 Å². The normalized spacial score (nSPS) is 21.9. The molecule has 1 saturated heterocycles. The average Bonchev–Trinajstić information content (AvgIpc) is 2.92. The highest BCUT2D eigenvalue weighted by Gasteiger charge is 2.38. The van der Waals surface area contributed by atoms with Gasteiger partial charge in [0, 0.05) is 20.2 Å². The van der Waals surface area contributed by atoms with E-state index in [4.69, 9.17) is 15.2 Å². The highest BCUT2D eigenvalue weighted by atomic mass is 35.5. The summed E-state index contributed by atoms with van der Waals surface area (Å²) in [5, 5.41) is 0. The quantitative estimate of drug-likeness (QED) is 0.741. The molecule has 2 N–H and O–H groups in total. The Morgan fingerprint density at radius 3 is 2.43 bits per heavy atom. The number of nitrogens with two attached hydrogens (primary N) is 1. The maximum atomic E-state index is 12.6. The van der Waals surface area contributed by atoms with E-state index in [1.54, 1.807) is 31.4 Å². The van der Waals surface area contributed by atoms with Gasteiger partial charge in [0.15, 0.2) is 0 Å². The maximum Gasteiger partial charge on any atom is 0.243 e. The molecule has 1 atom stereocenters. The summed E-state index contributed by atoms with van der Waals surface area (Å²) in [5.41, 5.74) is 5.61. The maximum absolute atomic E-state index is 12.6. The predicted octanol–water partition coefficient (Wildman–Crippen LogP) is 1.49. The van der Waals surface area contributed by atoms with Gasteiger partial charge in [0.05, 0.1) is 11.5 Å². The zero-order valence-corrected chi connectivity index (χ0v) is 15.2. The van der Waals surface area contributed by atoms with Gasteiger partial charge >= 0.3 is 0 Å². The summed E-state index contributed by atoms with van der Waals surface area (Å²) in [6, 6.07) is 6.49. The molecule has 0 aromatic heterocycles. The third-order valence-corrected chi connectivity index (χ3v) is 5.89. The number of methoxy groups -OCH3 is 1. The summed E-state index contributed by atoms with van der Waals surface area (Å²) in [7, 11) is -1.86. The largest absolute Gasteiger partial charge is 0.491 e. The molecule has 6 nitrogen and oxygen atoms in total. The molecule has 0 aliphatic carbocycles. The zero-order chi connectivity index (χ0) is 16.2. The van der Waals surface area contributed by atoms with Crippen LogP contribution < -0.4 is 10.5 Å². The molecule has 1 aromatic carbocycles. The highest BCUT2D eigenvalue weighted by molar-refractivity contribution is 7.89. The molecule has 0 spiro atoms. The van der Waals surface area contributed by atoms with Crippen LogP contribution in [0.25, 0.3) is 0 Å². The van der Waals surface area contributed by atoms with Crippen LogP contribution in [0.5, 0.6) is 5.75 Å². The van der Waals surface area contributed by atoms with Gasteiger partial charge in [0.2, 0.25) is 10.0 Å². The van der Waals surface area contributed by atoms with Gasteiger partial charge in [-0.25, -0.2) is 8.42 Å². The first kappa shape index (κ1) is 20.2. The standard InChI is InChI=1S/C15H24N2O4S.ClH/c1-15(11-16)7-8-17(12-15)22(18,19)14-5-3-13(4-6-14)21-10-9-20-2;/h3-6H,7-12,16H2,1-2H3;1H. The van der Waals surface area contributed by atoms with E-state index in [2.05, 4.69) is 0 Å². The molecule has 23 heavy (non-hydrogen) atoms. The second-order valence-corrected chi connectivity index (χ2v) is 7.85. The van der Waals surface area contributed by atoms with E-state index in [-0.39, 0.29) is 22.7 Å². The van der Waals surface area contributed by atoms with E-state index < -0.39 is 10.0 Å². The van der Waals surface area contributed by atoms with E-state index in [1.165, 1.54) is 4.31 Å². The van der Waals surface area contributed by atoms with E-state index in [0.29, 0.717) is 38.6 Å². The van der Waals surface area contributed by atoms with E-state index in [0.717, 1.165) is 6.42 Å². The molecule has 1 aromatic rings. The van der Waals surface area contributed by atoms with Crippen molar-refractivity contribution in [3.63, 3.8) is 0 Å². The minimum Gasteiger partial charge on any atom is -0.491 e. The molecule has 1 unspecified atom stereocenters. The molecule has 0 radical (unpaired) electrons. The molecule has 1 aliphatic heterocycles. The molecule has 0 bridgehead atoms. The second kappa shape index (κ2) is 8.30. The van der Waals surface area contributed by atoms with Crippen molar-refractivity contribution in [2.45, 2.75) is 18.2 Å². The SMILES string of the molecule is COCCOc1ccc(S(=O)(=O)N2CCC(C)(CN)C2)cc1.Cl. The summed E-state index contributed by atoms with van der Waals surface area (Å²) in [5.74, 6) is 0.629. The lowest BCUT2D eigenvalue weighted by molar-refractivity contribution is 0.146. The van der Waals surface area contributed by atoms with Gasteiger partial charge in [0.25, 0.3) is 0 Å². The topological polar surface area (TPSA) is 81.9 Å². The first-order valence-electron chi connectivity index (χ1n) is 7.33. The van der Waals surface area contributed by atoms with Crippen LogP contribution in [0.3, 0.4) is 0 Å². The van der Waals surface area contributed by atoms with Crippen LogP contribution in [0.2, 0.25) is 0 Å². The van der Waals surface area contributed by atoms with Crippen LogP contribution in [0, 0.1) is 5.41 Å². The molecule has 132 valence electrons. The summed E-state index contributed by atoms with van der Waals surface area (Å²) in [6.45, 7) is 4.43. The Labute approximate surface area is 144 Å². The fraction of sp³-hybridized carbons (Fsp3) is 0.600. The van der Waals surface area contributed by atoms with Gasteiger partial charge in [-0.05, 0) is 42.6 Å². The van der Waals surface area contributed by atoms with Gasteiger partial charge < -0.3 is 15.2 Å². The number of ether oxygens (including phenoxy) is 2. The van der Waals surface area contributed by atoms with Gasteiger partial charge in [-0.15, -0.1) is 12.4 Å². The van der Waals surface area contributed by atoms with Gasteiger partial charge in [-0.3, -0.25) is 0 Å². The Hall–Kier alpha value is -0.860. The van der Waals surface area contributed by atoms with Crippen molar-refractivity contribution in [1.29, 1.82) is 0 Å². The molecule has 8 heteroatoms. The lowest BCUT2D eigenvalue weighted by atomic mass is 9.90. The summed E-state index contributed by atoms with van der Waals surface area (Å²) in [4.78, 5) is 0.285. The molecule has 1 fully saturated rings. The number of nitrogens with zero attached hydrogens (tertiary/aromatic N) is 1. The van der Waals surface area contributed by atoms with Crippen molar-refractivity contribution >= 4 is 22.4 Å². The molecular formula is C15H25ClN2O4S. The lowest BCUT2D eigenvalue weighted by Crippen LogP contribution is -2.34. The van der Waals surface area contributed by atoms with Crippen LogP contribution in [0.15, 0.2) is 29.2 Å². The Morgan fingerprint density at radius 1 is 1.26 bits per heavy atom. The predicted molar refractivity (Wildman–Crippen MR) is 91.6 cm³/mol. The van der Waals surface area contributed by atoms with E-state index in [1.807, 2.05) is 6.92 Å². The third kappa shape index (κ3) is 4.81. The average molecular weight is 365 g/mol. The fourth-order valence-electron chi connectivity index (χ4n) is 2.45. The molecule has 1 aliphatic rings. The molecule has 0 amide bonds. The van der Waals surface area contributed by atoms with Crippen molar-refractivity contribution in [3.05, 3.63) is 24.3 Å². The molecule has 0 saturated carbocycles. The minimum absolute atomic E-state index is 0. The Bertz CT molecular complexity index is 594. The number of halogens is 1. The fourth-order valence-corrected chi connectivity index (χ4v) is 4.04. The van der Waals surface area contributed by atoms with Crippen molar-refractivity contribution < 1.29 is 17.9 Å². The third-order valence-electron chi connectivity index (χ3n) is 4.03. The Kier molecular flexibility index (Phi) is 7.29. The first-order valence-corrected chi connectivity index (χ1v) is 8.77. The summed E-state index contributed by atoms with van der Waals surface area (Å²) >= 11 is 0. The number of hydrogen-bond acceptors (Lipinski definition) is 5. The van der Waals surface area contributed by atoms with Crippen LogP contribution in [0.1, 0.15) is 13.3 Å². The molecular weight excluding hydrogens is 340 g/mol.